The number of imidazole rings is 1. The van der Waals surface area contributed by atoms with Gasteiger partial charge >= 0.3 is 5.69 Å². The number of carbonyl (C=O) groups excluding carboxylic acids is 1. The van der Waals surface area contributed by atoms with Gasteiger partial charge in [-0.25, -0.2) is 4.79 Å². The number of aromatic nitrogens is 2. The van der Waals surface area contributed by atoms with E-state index < -0.39 is 0 Å². The van der Waals surface area contributed by atoms with Crippen LogP contribution < -0.4 is 11.0 Å². The van der Waals surface area contributed by atoms with E-state index in [9.17, 15) is 9.59 Å². The van der Waals surface area contributed by atoms with Crippen molar-refractivity contribution < 1.29 is 9.21 Å². The molecule has 1 aliphatic heterocycles. The monoisotopic (exact) mass is 368 g/mol. The van der Waals surface area contributed by atoms with Gasteiger partial charge in [-0.15, -0.1) is 0 Å². The maximum Gasteiger partial charge on any atom is 0.323 e. The van der Waals surface area contributed by atoms with Gasteiger partial charge in [0, 0.05) is 6.54 Å². The molecular weight excluding hydrogens is 344 g/mol. The molecule has 4 rings (SSSR count). The summed E-state index contributed by atoms with van der Waals surface area (Å²) in [5.74, 6) is 0.910. The van der Waals surface area contributed by atoms with Crippen molar-refractivity contribution in [1.29, 1.82) is 0 Å². The lowest BCUT2D eigenvalue weighted by atomic mass is 10.1. The van der Waals surface area contributed by atoms with Gasteiger partial charge < -0.3 is 19.7 Å². The molecule has 0 radical (unpaired) electrons. The van der Waals surface area contributed by atoms with Crippen molar-refractivity contribution in [3.8, 4) is 0 Å². The number of H-pyrrole nitrogens is 2. The molecule has 0 saturated carbocycles. The molecule has 3 aromatic rings. The molecule has 1 aliphatic rings. The molecule has 27 heavy (non-hydrogen) atoms. The first-order valence-electron chi connectivity index (χ1n) is 9.43. The maximum atomic E-state index is 12.4. The third-order valence-electron chi connectivity index (χ3n) is 5.23. The highest BCUT2D eigenvalue weighted by Gasteiger charge is 2.22. The first-order valence-corrected chi connectivity index (χ1v) is 9.43. The summed E-state index contributed by atoms with van der Waals surface area (Å²) >= 11 is 0. The van der Waals surface area contributed by atoms with Crippen molar-refractivity contribution in [1.82, 2.24) is 20.2 Å². The molecule has 7 nitrogen and oxygen atoms in total. The molecular formula is C20H24N4O3. The first-order chi connectivity index (χ1) is 13.1. The number of rotatable bonds is 5. The van der Waals surface area contributed by atoms with Gasteiger partial charge in [-0.2, -0.15) is 0 Å². The van der Waals surface area contributed by atoms with Crippen LogP contribution in [0.5, 0.6) is 0 Å². The number of amides is 1. The Bertz CT molecular complexity index is 994. The Kier molecular flexibility index (Phi) is 4.85. The summed E-state index contributed by atoms with van der Waals surface area (Å²) in [6.07, 6.45) is 3.72. The molecule has 0 bridgehead atoms. The number of furan rings is 1. The second-order valence-corrected chi connectivity index (χ2v) is 7.12. The van der Waals surface area contributed by atoms with Crippen LogP contribution in [0.4, 0.5) is 0 Å². The van der Waals surface area contributed by atoms with Crippen molar-refractivity contribution in [2.75, 3.05) is 13.1 Å². The minimum absolute atomic E-state index is 0.180. The highest BCUT2D eigenvalue weighted by atomic mass is 16.4. The van der Waals surface area contributed by atoms with Crippen LogP contribution in [0.25, 0.3) is 11.0 Å². The molecule has 0 spiro atoms. The summed E-state index contributed by atoms with van der Waals surface area (Å²) in [4.78, 5) is 31.6. The van der Waals surface area contributed by atoms with Crippen LogP contribution in [0.15, 0.2) is 39.5 Å². The Labute approximate surface area is 156 Å². The van der Waals surface area contributed by atoms with Gasteiger partial charge in [-0.05, 0) is 62.7 Å². The average molecular weight is 368 g/mol. The number of carbonyl (C=O) groups is 1. The fraction of sp³-hybridized carbons (Fsp3) is 0.400. The summed E-state index contributed by atoms with van der Waals surface area (Å²) in [6, 6.07) is 9.35. The number of aromatic amines is 2. The molecule has 1 unspecified atom stereocenters. The van der Waals surface area contributed by atoms with E-state index in [1.165, 1.54) is 19.3 Å². The Morgan fingerprint density at radius 2 is 1.93 bits per heavy atom. The van der Waals surface area contributed by atoms with Gasteiger partial charge in [0.1, 0.15) is 5.76 Å². The smallest absolute Gasteiger partial charge is 0.323 e. The van der Waals surface area contributed by atoms with Crippen LogP contribution in [-0.2, 0) is 6.54 Å². The van der Waals surface area contributed by atoms with E-state index in [-0.39, 0.29) is 17.6 Å². The quantitative estimate of drug-likeness (QED) is 0.645. The summed E-state index contributed by atoms with van der Waals surface area (Å²) < 4.78 is 5.82. The first kappa shape index (κ1) is 17.6. The predicted molar refractivity (Wildman–Crippen MR) is 103 cm³/mol. The number of hydrogen-bond donors (Lipinski definition) is 3. The second kappa shape index (κ2) is 7.44. The summed E-state index contributed by atoms with van der Waals surface area (Å²) in [6.45, 7) is 4.64. The molecule has 1 fully saturated rings. The Balaban J connectivity index is 1.39. The molecule has 3 N–H and O–H groups in total. The van der Waals surface area contributed by atoms with E-state index in [1.54, 1.807) is 6.07 Å². The van der Waals surface area contributed by atoms with Crippen LogP contribution >= 0.6 is 0 Å². The van der Waals surface area contributed by atoms with Crippen molar-refractivity contribution in [3.05, 3.63) is 57.9 Å². The minimum atomic E-state index is -0.241. The molecule has 2 aromatic heterocycles. The number of likely N-dealkylation sites (tertiary alicyclic amines) is 1. The SMILES string of the molecule is CC(c1ccc(C(=O)NCc2ccc3[nH]c(=O)[nH]c3c2)o1)N1CCCCC1. The zero-order valence-corrected chi connectivity index (χ0v) is 15.4. The minimum Gasteiger partial charge on any atom is -0.454 e. The van der Waals surface area contributed by atoms with E-state index in [0.29, 0.717) is 12.3 Å². The van der Waals surface area contributed by atoms with E-state index >= 15 is 0 Å². The van der Waals surface area contributed by atoms with E-state index in [0.717, 1.165) is 35.4 Å². The normalized spacial score (nSPS) is 16.5. The van der Waals surface area contributed by atoms with Crippen molar-refractivity contribution in [2.24, 2.45) is 0 Å². The largest absolute Gasteiger partial charge is 0.454 e. The van der Waals surface area contributed by atoms with Crippen LogP contribution in [-0.4, -0.2) is 33.9 Å². The van der Waals surface area contributed by atoms with E-state index in [4.69, 9.17) is 4.42 Å². The number of nitrogens with zero attached hydrogens (tertiary/aromatic N) is 1. The van der Waals surface area contributed by atoms with Crippen LogP contribution in [0.2, 0.25) is 0 Å². The van der Waals surface area contributed by atoms with Crippen molar-refractivity contribution in [3.63, 3.8) is 0 Å². The van der Waals surface area contributed by atoms with Gasteiger partial charge in [-0.3, -0.25) is 9.69 Å². The molecule has 0 aliphatic carbocycles. The highest BCUT2D eigenvalue weighted by Crippen LogP contribution is 2.25. The highest BCUT2D eigenvalue weighted by molar-refractivity contribution is 5.91. The number of nitrogens with one attached hydrogen (secondary N) is 3. The van der Waals surface area contributed by atoms with Gasteiger partial charge in [0.05, 0.1) is 17.1 Å². The third kappa shape index (κ3) is 3.83. The van der Waals surface area contributed by atoms with Gasteiger partial charge in [0.2, 0.25) is 0 Å². The summed E-state index contributed by atoms with van der Waals surface area (Å²) in [5.41, 5.74) is 2.14. The molecule has 3 heterocycles. The molecule has 1 aromatic carbocycles. The van der Waals surface area contributed by atoms with Crippen LogP contribution in [0.1, 0.15) is 54.1 Å². The third-order valence-corrected chi connectivity index (χ3v) is 5.23. The summed E-state index contributed by atoms with van der Waals surface area (Å²) in [5, 5.41) is 2.87. The predicted octanol–water partition coefficient (Wildman–Crippen LogP) is 2.93. The number of benzene rings is 1. The standard InChI is InChI=1S/C20H24N4O3/c1-13(24-9-3-2-4-10-24)17-7-8-18(27-17)19(25)21-12-14-5-6-15-16(11-14)23-20(26)22-15/h5-8,11,13H,2-4,9-10,12H2,1H3,(H,21,25)(H2,22,23,26). The lowest BCUT2D eigenvalue weighted by Crippen LogP contribution is -2.32. The average Bonchev–Trinajstić information content (AvgIpc) is 3.32. The zero-order valence-electron chi connectivity index (χ0n) is 15.4. The Hall–Kier alpha value is -2.80. The molecule has 1 atom stereocenters. The fourth-order valence-corrected chi connectivity index (χ4v) is 3.64. The second-order valence-electron chi connectivity index (χ2n) is 7.12. The van der Waals surface area contributed by atoms with Crippen LogP contribution in [0, 0.1) is 0 Å². The lowest BCUT2D eigenvalue weighted by molar-refractivity contribution is 0.0914. The van der Waals surface area contributed by atoms with E-state index in [1.807, 2.05) is 24.3 Å². The Morgan fingerprint density at radius 3 is 2.74 bits per heavy atom. The summed E-state index contributed by atoms with van der Waals surface area (Å²) in [7, 11) is 0. The zero-order chi connectivity index (χ0) is 18.8. The molecule has 7 heteroatoms. The van der Waals surface area contributed by atoms with Gasteiger partial charge in [-0.1, -0.05) is 12.5 Å². The number of hydrogen-bond acceptors (Lipinski definition) is 4. The maximum absolute atomic E-state index is 12.4. The van der Waals surface area contributed by atoms with E-state index in [2.05, 4.69) is 27.1 Å². The van der Waals surface area contributed by atoms with Crippen molar-refractivity contribution >= 4 is 16.9 Å². The Morgan fingerprint density at radius 1 is 1.15 bits per heavy atom. The molecule has 1 saturated heterocycles. The number of piperidine rings is 1. The van der Waals surface area contributed by atoms with Crippen molar-refractivity contribution in [2.45, 2.75) is 38.8 Å². The topological polar surface area (TPSA) is 94.1 Å². The number of fused-ring (bicyclic) bond motifs is 1. The molecule has 1 amide bonds. The fourth-order valence-electron chi connectivity index (χ4n) is 3.64. The van der Waals surface area contributed by atoms with Gasteiger partial charge in [0.15, 0.2) is 5.76 Å². The van der Waals surface area contributed by atoms with Gasteiger partial charge in [0.25, 0.3) is 5.91 Å². The molecule has 142 valence electrons. The van der Waals surface area contributed by atoms with Crippen LogP contribution in [0.3, 0.4) is 0 Å². The lowest BCUT2D eigenvalue weighted by Gasteiger charge is -2.31.